The first kappa shape index (κ1) is 18.1. The first-order valence-corrected chi connectivity index (χ1v) is 10.1. The molecule has 0 bridgehead atoms. The number of carbonyl (C=O) groups excluding carboxylic acids is 1. The van der Waals surface area contributed by atoms with E-state index in [1.165, 1.54) is 37.8 Å². The number of allylic oxidation sites excluding steroid dienone is 3. The van der Waals surface area contributed by atoms with Gasteiger partial charge < -0.3 is 5.32 Å². The molecule has 2 aliphatic carbocycles. The van der Waals surface area contributed by atoms with Crippen LogP contribution in [0, 0.1) is 17.8 Å². The largest absolute Gasteiger partial charge is 0.356 e. The third kappa shape index (κ3) is 3.20. The molecule has 0 aromatic rings. The van der Waals surface area contributed by atoms with Gasteiger partial charge in [0.25, 0.3) is 0 Å². The molecule has 1 N–H and O–H groups in total. The first-order chi connectivity index (χ1) is 11.3. The van der Waals surface area contributed by atoms with Crippen LogP contribution in [0.15, 0.2) is 29.3 Å². The van der Waals surface area contributed by atoms with Gasteiger partial charge in [-0.15, -0.1) is 24.2 Å². The Morgan fingerprint density at radius 1 is 1.25 bits per heavy atom. The second-order valence-electron chi connectivity index (χ2n) is 7.34. The monoisotopic (exact) mass is 366 g/mol. The van der Waals surface area contributed by atoms with Crippen LogP contribution in [0.5, 0.6) is 0 Å². The summed E-state index contributed by atoms with van der Waals surface area (Å²) in [6.07, 6.45) is 16.3. The van der Waals surface area contributed by atoms with Crippen LogP contribution in [-0.2, 0) is 4.79 Å². The Balaban J connectivity index is 0.00000169. The molecule has 3 nitrogen and oxygen atoms in total. The number of rotatable bonds is 3. The van der Waals surface area contributed by atoms with Gasteiger partial charge in [-0.2, -0.15) is 0 Å². The van der Waals surface area contributed by atoms with E-state index in [-0.39, 0.29) is 29.0 Å². The lowest BCUT2D eigenvalue weighted by Gasteiger charge is -2.38. The highest BCUT2D eigenvalue weighted by atomic mass is 35.5. The van der Waals surface area contributed by atoms with Crippen LogP contribution in [0.1, 0.15) is 38.5 Å². The Morgan fingerprint density at radius 3 is 2.92 bits per heavy atom. The zero-order chi connectivity index (χ0) is 15.7. The molecule has 1 saturated heterocycles. The Morgan fingerprint density at radius 2 is 2.08 bits per heavy atom. The van der Waals surface area contributed by atoms with Crippen molar-refractivity contribution in [2.75, 3.05) is 18.8 Å². The topological polar surface area (TPSA) is 41.5 Å². The Labute approximate surface area is 155 Å². The standard InChI is InChI=1S/C19H26N2OS.ClH/c22-18(21-12-14-6-2-1-3-7-14)15-13-23-19-10-5-4-8-17(19)20-11-9-16(15)19;/h4-5,8,10,14-16H,1-3,6-7,9,11-13H2,(H,21,22);1H. The molecular weight excluding hydrogens is 340 g/mol. The minimum Gasteiger partial charge on any atom is -0.356 e. The van der Waals surface area contributed by atoms with E-state index in [0.717, 1.165) is 25.3 Å². The van der Waals surface area contributed by atoms with Crippen LogP contribution in [0.3, 0.4) is 0 Å². The molecule has 2 aliphatic heterocycles. The first-order valence-electron chi connectivity index (χ1n) is 9.12. The number of amides is 1. The molecule has 4 aliphatic rings. The highest BCUT2D eigenvalue weighted by molar-refractivity contribution is 8.02. The van der Waals surface area contributed by atoms with Gasteiger partial charge in [0.2, 0.25) is 5.91 Å². The Bertz CT molecular complexity index is 568. The normalized spacial score (nSPS) is 34.8. The summed E-state index contributed by atoms with van der Waals surface area (Å²) in [5.74, 6) is 2.47. The number of halogens is 1. The van der Waals surface area contributed by atoms with Crippen LogP contribution < -0.4 is 5.32 Å². The van der Waals surface area contributed by atoms with E-state index in [0.29, 0.717) is 11.8 Å². The average Bonchev–Trinajstić information content (AvgIpc) is 2.98. The quantitative estimate of drug-likeness (QED) is 0.825. The minimum atomic E-state index is -0.0279. The van der Waals surface area contributed by atoms with Crippen LogP contribution >= 0.6 is 24.2 Å². The molecule has 0 radical (unpaired) electrons. The number of hydrogen-bond acceptors (Lipinski definition) is 3. The summed E-state index contributed by atoms with van der Waals surface area (Å²) in [7, 11) is 0. The van der Waals surface area contributed by atoms with E-state index >= 15 is 0 Å². The molecule has 3 atom stereocenters. The lowest BCUT2D eigenvalue weighted by Crippen LogP contribution is -2.47. The molecule has 5 heteroatoms. The Hall–Kier alpha value is -0.740. The summed E-state index contributed by atoms with van der Waals surface area (Å²) in [5, 5.41) is 3.29. The molecule has 2 fully saturated rings. The summed E-state index contributed by atoms with van der Waals surface area (Å²) >= 11 is 1.93. The van der Waals surface area contributed by atoms with Crippen molar-refractivity contribution in [3.05, 3.63) is 24.3 Å². The van der Waals surface area contributed by atoms with E-state index in [9.17, 15) is 4.79 Å². The van der Waals surface area contributed by atoms with Crippen molar-refractivity contribution in [2.45, 2.75) is 43.3 Å². The smallest absolute Gasteiger partial charge is 0.224 e. The van der Waals surface area contributed by atoms with E-state index in [1.54, 1.807) is 0 Å². The van der Waals surface area contributed by atoms with Gasteiger partial charge in [-0.05, 0) is 37.2 Å². The summed E-state index contributed by atoms with van der Waals surface area (Å²) < 4.78 is -0.0279. The maximum absolute atomic E-state index is 12.8. The van der Waals surface area contributed by atoms with Crippen molar-refractivity contribution >= 4 is 35.8 Å². The molecule has 24 heavy (non-hydrogen) atoms. The molecule has 2 heterocycles. The van der Waals surface area contributed by atoms with Crippen molar-refractivity contribution in [1.82, 2.24) is 5.32 Å². The maximum atomic E-state index is 12.8. The number of nitrogens with zero attached hydrogens (tertiary/aromatic N) is 1. The van der Waals surface area contributed by atoms with Gasteiger partial charge in [0.15, 0.2) is 0 Å². The molecule has 1 amide bonds. The maximum Gasteiger partial charge on any atom is 0.224 e. The molecule has 0 aromatic heterocycles. The van der Waals surface area contributed by atoms with Crippen LogP contribution in [-0.4, -0.2) is 35.2 Å². The fourth-order valence-corrected chi connectivity index (χ4v) is 6.48. The molecule has 0 aromatic carbocycles. The predicted molar refractivity (Wildman–Crippen MR) is 104 cm³/mol. The van der Waals surface area contributed by atoms with Crippen molar-refractivity contribution in [3.63, 3.8) is 0 Å². The van der Waals surface area contributed by atoms with Crippen LogP contribution in [0.2, 0.25) is 0 Å². The number of carbonyl (C=O) groups is 1. The number of thioether (sulfide) groups is 1. The second-order valence-corrected chi connectivity index (χ2v) is 8.64. The average molecular weight is 367 g/mol. The van der Waals surface area contributed by atoms with Crippen molar-refractivity contribution in [1.29, 1.82) is 0 Å². The zero-order valence-corrected chi connectivity index (χ0v) is 15.7. The number of aliphatic imine (C=N–C) groups is 1. The number of nitrogens with one attached hydrogen (secondary N) is 1. The van der Waals surface area contributed by atoms with E-state index < -0.39 is 0 Å². The third-order valence-electron chi connectivity index (χ3n) is 6.00. The fraction of sp³-hybridized carbons (Fsp3) is 0.684. The van der Waals surface area contributed by atoms with Gasteiger partial charge >= 0.3 is 0 Å². The summed E-state index contributed by atoms with van der Waals surface area (Å²) in [6.45, 7) is 1.75. The van der Waals surface area contributed by atoms with Gasteiger partial charge in [-0.25, -0.2) is 0 Å². The lowest BCUT2D eigenvalue weighted by atomic mass is 9.74. The lowest BCUT2D eigenvalue weighted by molar-refractivity contribution is -0.126. The molecule has 132 valence electrons. The molecule has 1 spiro atoms. The van der Waals surface area contributed by atoms with Crippen molar-refractivity contribution in [2.24, 2.45) is 22.7 Å². The minimum absolute atomic E-state index is 0. The van der Waals surface area contributed by atoms with Gasteiger partial charge in [-0.3, -0.25) is 9.79 Å². The molecule has 4 rings (SSSR count). The van der Waals surface area contributed by atoms with Crippen molar-refractivity contribution < 1.29 is 4.79 Å². The highest BCUT2D eigenvalue weighted by Gasteiger charge is 2.53. The molecule has 3 unspecified atom stereocenters. The van der Waals surface area contributed by atoms with Crippen molar-refractivity contribution in [3.8, 4) is 0 Å². The molecule has 1 saturated carbocycles. The summed E-state index contributed by atoms with van der Waals surface area (Å²) in [4.78, 5) is 17.5. The van der Waals surface area contributed by atoms with Gasteiger partial charge in [0.1, 0.15) is 0 Å². The van der Waals surface area contributed by atoms with Crippen LogP contribution in [0.25, 0.3) is 0 Å². The van der Waals surface area contributed by atoms with Crippen LogP contribution in [0.4, 0.5) is 0 Å². The molecular formula is C19H27ClN2OS. The van der Waals surface area contributed by atoms with E-state index in [4.69, 9.17) is 4.99 Å². The zero-order valence-electron chi connectivity index (χ0n) is 14.1. The summed E-state index contributed by atoms with van der Waals surface area (Å²) in [5.41, 5.74) is 1.18. The SMILES string of the molecule is Cl.O=C(NCC1CCCCC1)C1CSC23C=CC=CC2=NCCC13. The van der Waals surface area contributed by atoms with Gasteiger partial charge in [0, 0.05) is 18.8 Å². The third-order valence-corrected chi connectivity index (χ3v) is 7.65. The summed E-state index contributed by atoms with van der Waals surface area (Å²) in [6, 6.07) is 0. The highest BCUT2D eigenvalue weighted by Crippen LogP contribution is 2.52. The second kappa shape index (κ2) is 7.65. The van der Waals surface area contributed by atoms with E-state index in [1.807, 2.05) is 11.8 Å². The predicted octanol–water partition coefficient (Wildman–Crippen LogP) is 3.79. The van der Waals surface area contributed by atoms with Gasteiger partial charge in [-0.1, -0.05) is 37.5 Å². The van der Waals surface area contributed by atoms with Gasteiger partial charge in [0.05, 0.1) is 16.4 Å². The Kier molecular flexibility index (Phi) is 5.76. The van der Waals surface area contributed by atoms with E-state index in [2.05, 4.69) is 29.6 Å². The number of hydrogen-bond donors (Lipinski definition) is 1. The fourth-order valence-electron chi connectivity index (χ4n) is 4.69.